The van der Waals surface area contributed by atoms with E-state index in [2.05, 4.69) is 4.72 Å². The van der Waals surface area contributed by atoms with E-state index in [1.165, 1.54) is 5.56 Å². The van der Waals surface area contributed by atoms with Gasteiger partial charge in [-0.3, -0.25) is 4.79 Å². The van der Waals surface area contributed by atoms with Crippen molar-refractivity contribution in [3.8, 4) is 0 Å². The van der Waals surface area contributed by atoms with Gasteiger partial charge < -0.3 is 5.11 Å². The number of carboxylic acids is 1. The van der Waals surface area contributed by atoms with E-state index in [1.807, 2.05) is 6.07 Å². The molecule has 0 aromatic heterocycles. The number of aliphatic carboxylic acids is 1. The van der Waals surface area contributed by atoms with Crippen LogP contribution in [0.15, 0.2) is 23.1 Å². The third-order valence-corrected chi connectivity index (χ3v) is 5.86. The van der Waals surface area contributed by atoms with E-state index >= 15 is 0 Å². The quantitative estimate of drug-likeness (QED) is 0.881. The van der Waals surface area contributed by atoms with E-state index in [9.17, 15) is 18.3 Å². The van der Waals surface area contributed by atoms with Gasteiger partial charge in [-0.1, -0.05) is 6.07 Å². The van der Waals surface area contributed by atoms with Gasteiger partial charge in [-0.2, -0.15) is 4.72 Å². The largest absolute Gasteiger partial charge is 0.480 e. The molecule has 1 saturated carbocycles. The molecule has 0 spiro atoms. The van der Waals surface area contributed by atoms with Crippen LogP contribution in [0, 0.1) is 0 Å². The molecule has 1 fully saturated rings. The van der Waals surface area contributed by atoms with Crippen LogP contribution in [0.4, 0.5) is 0 Å². The second-order valence-corrected chi connectivity index (χ2v) is 7.31. The van der Waals surface area contributed by atoms with Crippen LogP contribution in [0.1, 0.15) is 36.8 Å². The predicted molar refractivity (Wildman–Crippen MR) is 73.0 cm³/mol. The van der Waals surface area contributed by atoms with Gasteiger partial charge in [0, 0.05) is 0 Å². The van der Waals surface area contributed by atoms with Gasteiger partial charge in [-0.15, -0.1) is 0 Å². The first-order valence-corrected chi connectivity index (χ1v) is 8.30. The van der Waals surface area contributed by atoms with E-state index in [0.29, 0.717) is 12.8 Å². The van der Waals surface area contributed by atoms with E-state index in [1.54, 1.807) is 12.1 Å². The van der Waals surface area contributed by atoms with Crippen LogP contribution in [0.3, 0.4) is 0 Å². The summed E-state index contributed by atoms with van der Waals surface area (Å²) >= 11 is 0. The molecule has 20 heavy (non-hydrogen) atoms. The van der Waals surface area contributed by atoms with Crippen LogP contribution >= 0.6 is 0 Å². The van der Waals surface area contributed by atoms with Gasteiger partial charge in [-0.25, -0.2) is 8.42 Å². The molecule has 0 aliphatic heterocycles. The smallest absolute Gasteiger partial charge is 0.324 e. The van der Waals surface area contributed by atoms with Crippen molar-refractivity contribution in [2.75, 3.05) is 0 Å². The number of nitrogens with one attached hydrogen (secondary N) is 1. The van der Waals surface area contributed by atoms with Crippen LogP contribution in [0.5, 0.6) is 0 Å². The van der Waals surface area contributed by atoms with Gasteiger partial charge in [0.1, 0.15) is 5.54 Å². The first-order valence-electron chi connectivity index (χ1n) is 6.82. The van der Waals surface area contributed by atoms with Gasteiger partial charge in [0.05, 0.1) is 4.90 Å². The van der Waals surface area contributed by atoms with Crippen molar-refractivity contribution in [3.05, 3.63) is 29.3 Å². The standard InChI is InChI=1S/C14H17NO4S/c16-13(17)14(7-2-8-14)15-20(18,19)12-6-5-10-3-1-4-11(10)9-12/h5-6,9,15H,1-4,7-8H2,(H,16,17). The minimum atomic E-state index is -3.78. The molecule has 0 heterocycles. The maximum atomic E-state index is 12.4. The maximum Gasteiger partial charge on any atom is 0.324 e. The van der Waals surface area contributed by atoms with Gasteiger partial charge in [0.2, 0.25) is 10.0 Å². The Morgan fingerprint density at radius 3 is 2.45 bits per heavy atom. The van der Waals surface area contributed by atoms with Crippen molar-refractivity contribution in [2.45, 2.75) is 49.0 Å². The van der Waals surface area contributed by atoms with E-state index < -0.39 is 21.5 Å². The Labute approximate surface area is 118 Å². The molecular formula is C14H17NO4S. The number of carboxylic acid groups (broad SMARTS) is 1. The van der Waals surface area contributed by atoms with Crippen LogP contribution in [-0.2, 0) is 27.7 Å². The Hall–Kier alpha value is -1.40. The lowest BCUT2D eigenvalue weighted by Gasteiger charge is -2.37. The Balaban J connectivity index is 1.90. The fraction of sp³-hybridized carbons (Fsp3) is 0.500. The first kappa shape index (κ1) is 13.6. The molecule has 3 rings (SSSR count). The molecule has 5 nitrogen and oxygen atoms in total. The second-order valence-electron chi connectivity index (χ2n) is 5.63. The highest BCUT2D eigenvalue weighted by atomic mass is 32.2. The zero-order chi connectivity index (χ0) is 14.4. The van der Waals surface area contributed by atoms with Crippen molar-refractivity contribution >= 4 is 16.0 Å². The zero-order valence-corrected chi connectivity index (χ0v) is 11.9. The average Bonchev–Trinajstić information content (AvgIpc) is 2.80. The van der Waals surface area contributed by atoms with Crippen molar-refractivity contribution < 1.29 is 18.3 Å². The lowest BCUT2D eigenvalue weighted by Crippen LogP contribution is -2.58. The number of hydrogen-bond donors (Lipinski definition) is 2. The normalized spacial score (nSPS) is 20.2. The molecule has 0 radical (unpaired) electrons. The SMILES string of the molecule is O=C(O)C1(NS(=O)(=O)c2ccc3c(c2)CCC3)CCC1. The van der Waals surface area contributed by atoms with E-state index in [4.69, 9.17) is 0 Å². The van der Waals surface area contributed by atoms with Gasteiger partial charge in [-0.05, 0) is 61.8 Å². The third kappa shape index (κ3) is 2.13. The Bertz CT molecular complexity index is 662. The highest BCUT2D eigenvalue weighted by Gasteiger charge is 2.47. The summed E-state index contributed by atoms with van der Waals surface area (Å²) in [5.74, 6) is -1.09. The topological polar surface area (TPSA) is 83.5 Å². The molecule has 0 unspecified atom stereocenters. The van der Waals surface area contributed by atoms with Gasteiger partial charge in [0.25, 0.3) is 0 Å². The van der Waals surface area contributed by atoms with Crippen LogP contribution < -0.4 is 4.72 Å². The minimum absolute atomic E-state index is 0.172. The summed E-state index contributed by atoms with van der Waals surface area (Å²) in [5, 5.41) is 9.22. The van der Waals surface area contributed by atoms with Crippen molar-refractivity contribution in [3.63, 3.8) is 0 Å². The minimum Gasteiger partial charge on any atom is -0.480 e. The molecule has 0 saturated heterocycles. The molecule has 1 aromatic rings. The number of carbonyl (C=O) groups is 1. The third-order valence-electron chi connectivity index (χ3n) is 4.33. The number of sulfonamides is 1. The Morgan fingerprint density at radius 1 is 1.15 bits per heavy atom. The molecular weight excluding hydrogens is 278 g/mol. The number of benzene rings is 1. The summed E-state index contributed by atoms with van der Waals surface area (Å²) in [7, 11) is -3.78. The zero-order valence-electron chi connectivity index (χ0n) is 11.1. The average molecular weight is 295 g/mol. The predicted octanol–water partition coefficient (Wildman–Crippen LogP) is 1.46. The number of aryl methyl sites for hydroxylation is 2. The number of hydrogen-bond acceptors (Lipinski definition) is 3. The summed E-state index contributed by atoms with van der Waals surface area (Å²) < 4.78 is 27.1. The lowest BCUT2D eigenvalue weighted by atomic mass is 9.78. The molecule has 0 atom stereocenters. The van der Waals surface area contributed by atoms with E-state index in [0.717, 1.165) is 31.2 Å². The van der Waals surface area contributed by atoms with Crippen molar-refractivity contribution in [1.29, 1.82) is 0 Å². The Kier molecular flexibility index (Phi) is 3.10. The molecule has 2 aliphatic carbocycles. The number of rotatable bonds is 4. The van der Waals surface area contributed by atoms with Crippen LogP contribution in [-0.4, -0.2) is 25.0 Å². The van der Waals surface area contributed by atoms with Crippen molar-refractivity contribution in [1.82, 2.24) is 4.72 Å². The molecule has 2 aliphatic rings. The fourth-order valence-corrected chi connectivity index (χ4v) is 4.39. The summed E-state index contributed by atoms with van der Waals surface area (Å²) in [4.78, 5) is 11.4. The first-order chi connectivity index (χ1) is 9.43. The molecule has 6 heteroatoms. The summed E-state index contributed by atoms with van der Waals surface area (Å²) in [6, 6.07) is 5.09. The summed E-state index contributed by atoms with van der Waals surface area (Å²) in [6.45, 7) is 0. The molecule has 1 aromatic carbocycles. The second kappa shape index (κ2) is 4.56. The maximum absolute atomic E-state index is 12.4. The highest BCUT2D eigenvalue weighted by Crippen LogP contribution is 2.34. The van der Waals surface area contributed by atoms with Crippen LogP contribution in [0.2, 0.25) is 0 Å². The summed E-state index contributed by atoms with van der Waals surface area (Å²) in [5.41, 5.74) is 0.948. The molecule has 2 N–H and O–H groups in total. The highest BCUT2D eigenvalue weighted by molar-refractivity contribution is 7.89. The van der Waals surface area contributed by atoms with Gasteiger partial charge >= 0.3 is 5.97 Å². The van der Waals surface area contributed by atoms with Gasteiger partial charge in [0.15, 0.2) is 0 Å². The monoisotopic (exact) mass is 295 g/mol. The number of fused-ring (bicyclic) bond motifs is 1. The summed E-state index contributed by atoms with van der Waals surface area (Å²) in [6.07, 6.45) is 4.37. The van der Waals surface area contributed by atoms with Crippen molar-refractivity contribution in [2.24, 2.45) is 0 Å². The Morgan fingerprint density at radius 2 is 1.85 bits per heavy atom. The fourth-order valence-electron chi connectivity index (χ4n) is 2.92. The van der Waals surface area contributed by atoms with Crippen LogP contribution in [0.25, 0.3) is 0 Å². The lowest BCUT2D eigenvalue weighted by molar-refractivity contribution is -0.147. The molecule has 108 valence electrons. The molecule has 0 bridgehead atoms. The van der Waals surface area contributed by atoms with E-state index in [-0.39, 0.29) is 4.90 Å². The molecule has 0 amide bonds.